The number of likely N-dealkylation sites (tertiary alicyclic amines) is 1. The molecule has 0 spiro atoms. The maximum Gasteiger partial charge on any atom is 0.326 e. The molecule has 1 aromatic carbocycles. The van der Waals surface area contributed by atoms with E-state index in [9.17, 15) is 24.3 Å². The third-order valence-corrected chi connectivity index (χ3v) is 5.50. The van der Waals surface area contributed by atoms with Crippen molar-refractivity contribution in [2.45, 2.75) is 50.2 Å². The summed E-state index contributed by atoms with van der Waals surface area (Å²) in [5.41, 5.74) is 12.2. The van der Waals surface area contributed by atoms with Crippen LogP contribution in [0.4, 0.5) is 0 Å². The minimum absolute atomic E-state index is 0.125. The quantitative estimate of drug-likeness (QED) is 0.107. The van der Waals surface area contributed by atoms with Crippen LogP contribution in [-0.2, 0) is 25.6 Å². The first-order chi connectivity index (χ1) is 16.2. The maximum absolute atomic E-state index is 12.8. The second-order valence-electron chi connectivity index (χ2n) is 8.14. The van der Waals surface area contributed by atoms with Gasteiger partial charge in [-0.3, -0.25) is 19.8 Å². The molecule has 1 aromatic rings. The summed E-state index contributed by atoms with van der Waals surface area (Å²) >= 11 is 0. The molecule has 2 rings (SSSR count). The first kappa shape index (κ1) is 26.6. The Kier molecular flexibility index (Phi) is 10.3. The van der Waals surface area contributed by atoms with E-state index < -0.39 is 42.5 Å². The summed E-state index contributed by atoms with van der Waals surface area (Å²) in [5.74, 6) is -2.89. The van der Waals surface area contributed by atoms with Crippen molar-refractivity contribution in [1.29, 1.82) is 5.41 Å². The predicted molar refractivity (Wildman–Crippen MR) is 125 cm³/mol. The van der Waals surface area contributed by atoms with Crippen LogP contribution >= 0.6 is 0 Å². The number of hydrogen-bond donors (Lipinski definition) is 7. The van der Waals surface area contributed by atoms with Gasteiger partial charge in [0.1, 0.15) is 12.1 Å². The fourth-order valence-corrected chi connectivity index (χ4v) is 3.79. The molecular formula is C22H33N7O5. The van der Waals surface area contributed by atoms with Crippen LogP contribution in [0.15, 0.2) is 30.3 Å². The van der Waals surface area contributed by atoms with Gasteiger partial charge < -0.3 is 37.4 Å². The third kappa shape index (κ3) is 8.35. The fraction of sp³-hybridized carbons (Fsp3) is 0.500. The Hall–Kier alpha value is -3.67. The Bertz CT molecular complexity index is 880. The molecule has 1 aliphatic heterocycles. The van der Waals surface area contributed by atoms with Crippen molar-refractivity contribution >= 4 is 29.7 Å². The Morgan fingerprint density at radius 1 is 1.18 bits per heavy atom. The predicted octanol–water partition coefficient (Wildman–Crippen LogP) is -1.50. The SMILES string of the molecule is N=C(N)NCCC[C@H](NC(=O)CNC(=O)[C@@H]1CCCN1C(=O)[C@@H](N)Cc1ccccc1)C(=O)O. The summed E-state index contributed by atoms with van der Waals surface area (Å²) in [6.45, 7) is 0.285. The van der Waals surface area contributed by atoms with Crippen LogP contribution < -0.4 is 27.4 Å². The first-order valence-electron chi connectivity index (χ1n) is 11.2. The molecule has 1 heterocycles. The summed E-state index contributed by atoms with van der Waals surface area (Å²) < 4.78 is 0. The first-order valence-corrected chi connectivity index (χ1v) is 11.2. The van der Waals surface area contributed by atoms with E-state index in [-0.39, 0.29) is 18.3 Å². The van der Waals surface area contributed by atoms with E-state index in [0.29, 0.717) is 38.8 Å². The van der Waals surface area contributed by atoms with E-state index in [1.807, 2.05) is 30.3 Å². The lowest BCUT2D eigenvalue weighted by Gasteiger charge is -2.26. The topological polar surface area (TPSA) is 204 Å². The van der Waals surface area contributed by atoms with Crippen LogP contribution in [0, 0.1) is 5.41 Å². The van der Waals surface area contributed by atoms with E-state index in [0.717, 1.165) is 5.56 Å². The molecule has 3 amide bonds. The highest BCUT2D eigenvalue weighted by Crippen LogP contribution is 2.19. The van der Waals surface area contributed by atoms with Gasteiger partial charge in [0.15, 0.2) is 5.96 Å². The van der Waals surface area contributed by atoms with E-state index in [4.69, 9.17) is 16.9 Å². The highest BCUT2D eigenvalue weighted by atomic mass is 16.4. The van der Waals surface area contributed by atoms with Crippen LogP contribution in [0.3, 0.4) is 0 Å². The summed E-state index contributed by atoms with van der Waals surface area (Å²) in [7, 11) is 0. The largest absolute Gasteiger partial charge is 0.480 e. The van der Waals surface area contributed by atoms with Crippen LogP contribution in [0.1, 0.15) is 31.2 Å². The normalized spacial score (nSPS) is 16.9. The number of benzene rings is 1. The van der Waals surface area contributed by atoms with Crippen LogP contribution in [0.2, 0.25) is 0 Å². The molecule has 12 nitrogen and oxygen atoms in total. The molecule has 0 aliphatic carbocycles. The molecule has 0 unspecified atom stereocenters. The summed E-state index contributed by atoms with van der Waals surface area (Å²) in [5, 5.41) is 23.8. The summed E-state index contributed by atoms with van der Waals surface area (Å²) in [6.07, 6.45) is 1.94. The molecule has 34 heavy (non-hydrogen) atoms. The van der Waals surface area contributed by atoms with E-state index in [1.54, 1.807) is 0 Å². The van der Waals surface area contributed by atoms with Crippen molar-refractivity contribution in [3.8, 4) is 0 Å². The lowest BCUT2D eigenvalue weighted by Crippen LogP contribution is -2.53. The minimum Gasteiger partial charge on any atom is -0.480 e. The number of amides is 3. The fourth-order valence-electron chi connectivity index (χ4n) is 3.79. The van der Waals surface area contributed by atoms with E-state index in [1.165, 1.54) is 4.90 Å². The van der Waals surface area contributed by atoms with Gasteiger partial charge in [-0.05, 0) is 37.7 Å². The smallest absolute Gasteiger partial charge is 0.326 e. The maximum atomic E-state index is 12.8. The number of nitrogens with one attached hydrogen (secondary N) is 4. The van der Waals surface area contributed by atoms with Gasteiger partial charge in [0.2, 0.25) is 17.7 Å². The number of nitrogens with zero attached hydrogens (tertiary/aromatic N) is 1. The molecule has 0 radical (unpaired) electrons. The number of rotatable bonds is 12. The van der Waals surface area contributed by atoms with Gasteiger partial charge in [-0.25, -0.2) is 4.79 Å². The molecule has 1 fully saturated rings. The Labute approximate surface area is 197 Å². The van der Waals surface area contributed by atoms with Gasteiger partial charge in [0, 0.05) is 13.1 Å². The number of carbonyl (C=O) groups excluding carboxylic acids is 3. The zero-order valence-corrected chi connectivity index (χ0v) is 19.0. The van der Waals surface area contributed by atoms with Crippen molar-refractivity contribution in [2.75, 3.05) is 19.6 Å². The number of carbonyl (C=O) groups is 4. The third-order valence-electron chi connectivity index (χ3n) is 5.50. The standard InChI is InChI=1S/C22H33N7O5/c23-15(12-14-6-2-1-3-7-14)20(32)29-11-5-9-17(29)19(31)27-13-18(30)28-16(21(33)34)8-4-10-26-22(24)25/h1-3,6-7,15-17H,4-5,8-13,23H2,(H,27,31)(H,28,30)(H,33,34)(H4,24,25,26)/t15-,16-,17-/m0/s1. The second-order valence-corrected chi connectivity index (χ2v) is 8.14. The number of carboxylic acids is 1. The monoisotopic (exact) mass is 475 g/mol. The molecule has 3 atom stereocenters. The zero-order valence-electron chi connectivity index (χ0n) is 19.0. The number of hydrogen-bond acceptors (Lipinski definition) is 6. The van der Waals surface area contributed by atoms with Crippen molar-refractivity contribution in [1.82, 2.24) is 20.9 Å². The van der Waals surface area contributed by atoms with Gasteiger partial charge >= 0.3 is 5.97 Å². The molecule has 0 saturated carbocycles. The lowest BCUT2D eigenvalue weighted by molar-refractivity contribution is -0.142. The van der Waals surface area contributed by atoms with Crippen LogP contribution in [0.25, 0.3) is 0 Å². The molecular weight excluding hydrogens is 442 g/mol. The van der Waals surface area contributed by atoms with Gasteiger partial charge in [-0.2, -0.15) is 0 Å². The van der Waals surface area contributed by atoms with Crippen LogP contribution in [0.5, 0.6) is 0 Å². The minimum atomic E-state index is -1.21. The number of carboxylic acid groups (broad SMARTS) is 1. The van der Waals surface area contributed by atoms with Gasteiger partial charge in [0.05, 0.1) is 12.6 Å². The second kappa shape index (κ2) is 13.1. The highest BCUT2D eigenvalue weighted by molar-refractivity contribution is 5.93. The highest BCUT2D eigenvalue weighted by Gasteiger charge is 2.36. The van der Waals surface area contributed by atoms with Gasteiger partial charge in [-0.15, -0.1) is 0 Å². The van der Waals surface area contributed by atoms with Crippen molar-refractivity contribution in [3.05, 3.63) is 35.9 Å². The average Bonchev–Trinajstić information content (AvgIpc) is 3.29. The molecule has 1 saturated heterocycles. The van der Waals surface area contributed by atoms with E-state index >= 15 is 0 Å². The molecule has 186 valence electrons. The molecule has 0 bridgehead atoms. The summed E-state index contributed by atoms with van der Waals surface area (Å²) in [4.78, 5) is 50.5. The Morgan fingerprint density at radius 3 is 2.53 bits per heavy atom. The molecule has 12 heteroatoms. The molecule has 1 aliphatic rings. The lowest BCUT2D eigenvalue weighted by atomic mass is 10.1. The number of aliphatic carboxylic acids is 1. The van der Waals surface area contributed by atoms with Crippen LogP contribution in [-0.4, -0.2) is 77.4 Å². The molecule has 0 aromatic heterocycles. The van der Waals surface area contributed by atoms with E-state index in [2.05, 4.69) is 16.0 Å². The molecule has 9 N–H and O–H groups in total. The van der Waals surface area contributed by atoms with Crippen molar-refractivity contribution in [3.63, 3.8) is 0 Å². The zero-order chi connectivity index (χ0) is 25.1. The van der Waals surface area contributed by atoms with Crippen molar-refractivity contribution in [2.24, 2.45) is 11.5 Å². The van der Waals surface area contributed by atoms with Crippen molar-refractivity contribution < 1.29 is 24.3 Å². The number of nitrogens with two attached hydrogens (primary N) is 2. The number of guanidine groups is 1. The Morgan fingerprint density at radius 2 is 1.88 bits per heavy atom. The van der Waals surface area contributed by atoms with Gasteiger partial charge in [0.25, 0.3) is 0 Å². The van der Waals surface area contributed by atoms with Gasteiger partial charge in [-0.1, -0.05) is 30.3 Å². The Balaban J connectivity index is 1.82. The average molecular weight is 476 g/mol. The summed E-state index contributed by atoms with van der Waals surface area (Å²) in [6, 6.07) is 6.71.